The fourth-order valence-corrected chi connectivity index (χ4v) is 2.30. The summed E-state index contributed by atoms with van der Waals surface area (Å²) in [6.07, 6.45) is 1.07. The van der Waals surface area contributed by atoms with E-state index < -0.39 is 17.1 Å². The minimum atomic E-state index is -0.607. The van der Waals surface area contributed by atoms with E-state index in [4.69, 9.17) is 16.7 Å². The molecule has 0 aliphatic heterocycles. The number of aromatic hydroxyl groups is 1. The van der Waals surface area contributed by atoms with Gasteiger partial charge in [-0.3, -0.25) is 9.78 Å². The molecule has 2 aromatic rings. The maximum Gasteiger partial charge on any atom is 0.293 e. The number of nitrogens with one attached hydrogen (secondary N) is 1. The Bertz CT molecular complexity index is 612. The van der Waals surface area contributed by atoms with Crippen LogP contribution in [0.4, 0.5) is 4.39 Å². The molecule has 0 aliphatic carbocycles. The van der Waals surface area contributed by atoms with Crippen LogP contribution in [-0.4, -0.2) is 15.1 Å². The number of rotatable bonds is 3. The number of halogens is 2. The highest BCUT2D eigenvalue weighted by atomic mass is 35.5. The second kappa shape index (κ2) is 5.41. The number of nitrogens with zero attached hydrogens (tertiary/aromatic N) is 1. The zero-order chi connectivity index (χ0) is 13.1. The maximum absolute atomic E-state index is 13.1. The van der Waals surface area contributed by atoms with E-state index in [-0.39, 0.29) is 0 Å². The van der Waals surface area contributed by atoms with Gasteiger partial charge in [-0.25, -0.2) is 9.37 Å². The Kier molecular flexibility index (Phi) is 3.88. The lowest BCUT2D eigenvalue weighted by Gasteiger charge is -2.02. The van der Waals surface area contributed by atoms with Gasteiger partial charge in [0.1, 0.15) is 5.82 Å². The van der Waals surface area contributed by atoms with Gasteiger partial charge in [0.15, 0.2) is 10.9 Å². The molecule has 0 spiro atoms. The summed E-state index contributed by atoms with van der Waals surface area (Å²) < 4.78 is 13.1. The number of aromatic amines is 1. The molecule has 1 aromatic heterocycles. The number of hydrogen-bond donors (Lipinski definition) is 2. The highest BCUT2D eigenvalue weighted by molar-refractivity contribution is 7.98. The summed E-state index contributed by atoms with van der Waals surface area (Å²) in [5, 5.41) is 9.68. The molecule has 0 saturated carbocycles. The van der Waals surface area contributed by atoms with Gasteiger partial charge >= 0.3 is 0 Å². The largest absolute Gasteiger partial charge is 0.502 e. The molecule has 0 aliphatic rings. The first-order chi connectivity index (χ1) is 8.54. The van der Waals surface area contributed by atoms with Gasteiger partial charge in [0.25, 0.3) is 5.56 Å². The molecule has 0 fully saturated rings. The molecular weight excluding hydrogens is 279 g/mol. The summed E-state index contributed by atoms with van der Waals surface area (Å²) in [6, 6.07) is 4.21. The van der Waals surface area contributed by atoms with Crippen molar-refractivity contribution in [1.82, 2.24) is 9.97 Å². The van der Waals surface area contributed by atoms with Crippen LogP contribution in [0.2, 0.25) is 5.02 Å². The molecule has 0 radical (unpaired) electrons. The van der Waals surface area contributed by atoms with Gasteiger partial charge in [-0.2, -0.15) is 0 Å². The van der Waals surface area contributed by atoms with Crippen LogP contribution in [0.5, 0.6) is 5.75 Å². The molecule has 0 saturated heterocycles. The lowest BCUT2D eigenvalue weighted by atomic mass is 10.2. The lowest BCUT2D eigenvalue weighted by molar-refractivity contribution is 0.460. The van der Waals surface area contributed by atoms with Crippen molar-refractivity contribution in [3.8, 4) is 5.75 Å². The molecule has 1 aromatic carbocycles. The second-order valence-corrected chi connectivity index (χ2v) is 4.87. The smallest absolute Gasteiger partial charge is 0.293 e. The second-order valence-electron chi connectivity index (χ2n) is 3.47. The van der Waals surface area contributed by atoms with Crippen molar-refractivity contribution < 1.29 is 9.50 Å². The minimum absolute atomic E-state index is 0.317. The van der Waals surface area contributed by atoms with Gasteiger partial charge in [-0.15, -0.1) is 0 Å². The van der Waals surface area contributed by atoms with Gasteiger partial charge in [-0.05, 0) is 23.8 Å². The molecule has 0 unspecified atom stereocenters. The molecule has 0 amide bonds. The van der Waals surface area contributed by atoms with E-state index in [1.807, 2.05) is 0 Å². The van der Waals surface area contributed by atoms with Crippen molar-refractivity contribution in [2.24, 2.45) is 0 Å². The predicted octanol–water partition coefficient (Wildman–Crippen LogP) is 2.56. The fraction of sp³-hybridized carbons (Fsp3) is 0.0909. The highest BCUT2D eigenvalue weighted by Gasteiger charge is 2.04. The number of benzene rings is 1. The Balaban J connectivity index is 2.11. The topological polar surface area (TPSA) is 66.0 Å². The first kappa shape index (κ1) is 12.9. The molecule has 7 heteroatoms. The average Bonchev–Trinajstić information content (AvgIpc) is 2.29. The minimum Gasteiger partial charge on any atom is -0.502 e. The monoisotopic (exact) mass is 286 g/mol. The number of H-pyrrole nitrogens is 1. The van der Waals surface area contributed by atoms with Crippen molar-refractivity contribution in [2.45, 2.75) is 10.9 Å². The summed E-state index contributed by atoms with van der Waals surface area (Å²) in [5.74, 6) is -0.441. The van der Waals surface area contributed by atoms with Gasteiger partial charge < -0.3 is 5.11 Å². The quantitative estimate of drug-likeness (QED) is 0.672. The molecule has 94 valence electrons. The van der Waals surface area contributed by atoms with E-state index in [2.05, 4.69) is 9.97 Å². The molecule has 4 nitrogen and oxygen atoms in total. The van der Waals surface area contributed by atoms with Crippen molar-refractivity contribution in [3.05, 3.63) is 51.2 Å². The van der Waals surface area contributed by atoms with E-state index in [0.29, 0.717) is 21.5 Å². The summed E-state index contributed by atoms with van der Waals surface area (Å²) in [6.45, 7) is 0. The van der Waals surface area contributed by atoms with E-state index in [0.717, 1.165) is 6.20 Å². The molecule has 18 heavy (non-hydrogen) atoms. The summed E-state index contributed by atoms with van der Waals surface area (Å²) in [7, 11) is 0. The average molecular weight is 287 g/mol. The molecule has 0 bridgehead atoms. The zero-order valence-electron chi connectivity index (χ0n) is 8.98. The van der Waals surface area contributed by atoms with Crippen molar-refractivity contribution in [3.63, 3.8) is 0 Å². The van der Waals surface area contributed by atoms with Gasteiger partial charge in [0.05, 0.1) is 6.20 Å². The fourth-order valence-electron chi connectivity index (χ4n) is 1.29. The standard InChI is InChI=1S/C11H8ClFN2O2S/c12-7-1-6(2-8(13)3-7)5-18-11-14-4-9(16)10(17)15-11/h1-4,16H,5H2,(H,14,15,17). The zero-order valence-corrected chi connectivity index (χ0v) is 10.6. The normalized spacial score (nSPS) is 10.6. The van der Waals surface area contributed by atoms with Crippen LogP contribution in [0.15, 0.2) is 34.3 Å². The van der Waals surface area contributed by atoms with Gasteiger partial charge in [-0.1, -0.05) is 23.4 Å². The summed E-state index contributed by atoms with van der Waals surface area (Å²) in [4.78, 5) is 17.3. The number of hydrogen-bond acceptors (Lipinski definition) is 4. The van der Waals surface area contributed by atoms with Crippen LogP contribution in [0.1, 0.15) is 5.56 Å². The summed E-state index contributed by atoms with van der Waals surface area (Å²) in [5.41, 5.74) is 0.0745. The summed E-state index contributed by atoms with van der Waals surface area (Å²) >= 11 is 6.93. The van der Waals surface area contributed by atoms with Crippen molar-refractivity contribution in [2.75, 3.05) is 0 Å². The first-order valence-corrected chi connectivity index (χ1v) is 6.27. The lowest BCUT2D eigenvalue weighted by Crippen LogP contribution is -2.06. The predicted molar refractivity (Wildman–Crippen MR) is 67.5 cm³/mol. The van der Waals surface area contributed by atoms with E-state index in [9.17, 15) is 9.18 Å². The molecular formula is C11H8ClFN2O2S. The third-order valence-corrected chi connectivity index (χ3v) is 3.23. The third-order valence-electron chi connectivity index (χ3n) is 2.06. The van der Waals surface area contributed by atoms with Crippen molar-refractivity contribution >= 4 is 23.4 Å². The van der Waals surface area contributed by atoms with Crippen molar-refractivity contribution in [1.29, 1.82) is 0 Å². The molecule has 1 heterocycles. The van der Waals surface area contributed by atoms with Crippen LogP contribution in [0.25, 0.3) is 0 Å². The van der Waals surface area contributed by atoms with E-state index >= 15 is 0 Å². The molecule has 2 rings (SSSR count). The Hall–Kier alpha value is -1.53. The Morgan fingerprint density at radius 3 is 2.89 bits per heavy atom. The van der Waals surface area contributed by atoms with Crippen LogP contribution in [0, 0.1) is 5.82 Å². The Labute approximate surface area is 111 Å². The Morgan fingerprint density at radius 2 is 2.22 bits per heavy atom. The van der Waals surface area contributed by atoms with Crippen LogP contribution < -0.4 is 5.56 Å². The van der Waals surface area contributed by atoms with Gasteiger partial charge in [0.2, 0.25) is 0 Å². The van der Waals surface area contributed by atoms with Gasteiger partial charge in [0, 0.05) is 10.8 Å². The maximum atomic E-state index is 13.1. The molecule has 2 N–H and O–H groups in total. The SMILES string of the molecule is O=c1[nH]c(SCc2cc(F)cc(Cl)c2)ncc1O. The first-order valence-electron chi connectivity index (χ1n) is 4.90. The Morgan fingerprint density at radius 1 is 1.44 bits per heavy atom. The van der Waals surface area contributed by atoms with Crippen LogP contribution in [-0.2, 0) is 5.75 Å². The van der Waals surface area contributed by atoms with E-state index in [1.54, 1.807) is 6.07 Å². The van der Waals surface area contributed by atoms with Crippen LogP contribution in [0.3, 0.4) is 0 Å². The third kappa shape index (κ3) is 3.24. The highest BCUT2D eigenvalue weighted by Crippen LogP contribution is 2.22. The number of aromatic nitrogens is 2. The number of thioether (sulfide) groups is 1. The molecule has 0 atom stereocenters. The van der Waals surface area contributed by atoms with E-state index in [1.165, 1.54) is 23.9 Å². The van der Waals surface area contributed by atoms with Crippen LogP contribution >= 0.6 is 23.4 Å².